The SMILES string of the molecule is CC=CN=C(C)c1cccn1C. The van der Waals surface area contributed by atoms with E-state index in [2.05, 4.69) is 15.6 Å². The number of rotatable bonds is 2. The highest BCUT2D eigenvalue weighted by Gasteiger charge is 1.98. The van der Waals surface area contributed by atoms with E-state index in [-0.39, 0.29) is 0 Å². The van der Waals surface area contributed by atoms with Crippen molar-refractivity contribution >= 4 is 5.71 Å². The summed E-state index contributed by atoms with van der Waals surface area (Å²) in [6.45, 7) is 3.97. The highest BCUT2D eigenvalue weighted by molar-refractivity contribution is 5.97. The summed E-state index contributed by atoms with van der Waals surface area (Å²) >= 11 is 0. The molecule has 0 bridgehead atoms. The Balaban J connectivity index is 2.91. The van der Waals surface area contributed by atoms with E-state index in [4.69, 9.17) is 0 Å². The standard InChI is InChI=1S/C10H14N2/c1-4-7-11-9(2)10-6-5-8-12(10)3/h4-8H,1-3H3. The fourth-order valence-corrected chi connectivity index (χ4v) is 1.09. The first-order valence-corrected chi connectivity index (χ1v) is 4.03. The second kappa shape index (κ2) is 3.90. The maximum absolute atomic E-state index is 4.26. The molecule has 0 fully saturated rings. The average Bonchev–Trinajstić information content (AvgIpc) is 2.47. The van der Waals surface area contributed by atoms with Crippen molar-refractivity contribution in [2.24, 2.45) is 12.0 Å². The Hall–Kier alpha value is -1.31. The van der Waals surface area contributed by atoms with Crippen LogP contribution in [-0.4, -0.2) is 10.3 Å². The lowest BCUT2D eigenvalue weighted by Gasteiger charge is -1.99. The molecule has 0 aliphatic carbocycles. The van der Waals surface area contributed by atoms with Crippen LogP contribution in [0.25, 0.3) is 0 Å². The zero-order valence-electron chi connectivity index (χ0n) is 7.78. The zero-order valence-corrected chi connectivity index (χ0v) is 7.78. The fourth-order valence-electron chi connectivity index (χ4n) is 1.09. The molecule has 0 saturated carbocycles. The number of allylic oxidation sites excluding steroid dienone is 1. The quantitative estimate of drug-likeness (QED) is 0.594. The van der Waals surface area contributed by atoms with Crippen molar-refractivity contribution in [3.8, 4) is 0 Å². The van der Waals surface area contributed by atoms with Crippen LogP contribution in [0.15, 0.2) is 35.6 Å². The third-order valence-electron chi connectivity index (χ3n) is 1.73. The summed E-state index contributed by atoms with van der Waals surface area (Å²) in [6, 6.07) is 4.08. The number of hydrogen-bond donors (Lipinski definition) is 0. The monoisotopic (exact) mass is 162 g/mol. The maximum Gasteiger partial charge on any atom is 0.0619 e. The van der Waals surface area contributed by atoms with Crippen LogP contribution >= 0.6 is 0 Å². The molecule has 1 heterocycles. The van der Waals surface area contributed by atoms with E-state index in [0.29, 0.717) is 0 Å². The normalized spacial score (nSPS) is 12.8. The summed E-state index contributed by atoms with van der Waals surface area (Å²) in [7, 11) is 2.02. The number of hydrogen-bond acceptors (Lipinski definition) is 1. The summed E-state index contributed by atoms with van der Waals surface area (Å²) in [6.07, 6.45) is 5.75. The van der Waals surface area contributed by atoms with Gasteiger partial charge in [-0.3, -0.25) is 4.99 Å². The fraction of sp³-hybridized carbons (Fsp3) is 0.300. The highest BCUT2D eigenvalue weighted by atomic mass is 14.9. The van der Waals surface area contributed by atoms with Gasteiger partial charge in [-0.05, 0) is 26.0 Å². The van der Waals surface area contributed by atoms with E-state index in [1.54, 1.807) is 0 Å². The summed E-state index contributed by atoms with van der Waals surface area (Å²) < 4.78 is 2.06. The van der Waals surface area contributed by atoms with E-state index >= 15 is 0 Å². The third kappa shape index (κ3) is 1.84. The van der Waals surface area contributed by atoms with Crippen LogP contribution in [0.1, 0.15) is 19.5 Å². The predicted molar refractivity (Wildman–Crippen MR) is 52.4 cm³/mol. The molecule has 1 aromatic rings. The topological polar surface area (TPSA) is 17.3 Å². The molecule has 64 valence electrons. The van der Waals surface area contributed by atoms with Crippen LogP contribution in [0.3, 0.4) is 0 Å². The van der Waals surface area contributed by atoms with E-state index in [0.717, 1.165) is 11.4 Å². The third-order valence-corrected chi connectivity index (χ3v) is 1.73. The van der Waals surface area contributed by atoms with E-state index in [9.17, 15) is 0 Å². The molecule has 2 nitrogen and oxygen atoms in total. The largest absolute Gasteiger partial charge is 0.350 e. The van der Waals surface area contributed by atoms with Crippen LogP contribution in [0, 0.1) is 0 Å². The Morgan fingerprint density at radius 3 is 2.83 bits per heavy atom. The summed E-state index contributed by atoms with van der Waals surface area (Å²) in [5.41, 5.74) is 2.20. The van der Waals surface area contributed by atoms with Crippen LogP contribution < -0.4 is 0 Å². The number of aromatic nitrogens is 1. The van der Waals surface area contributed by atoms with Crippen molar-refractivity contribution < 1.29 is 0 Å². The van der Waals surface area contributed by atoms with Crippen LogP contribution in [0.5, 0.6) is 0 Å². The van der Waals surface area contributed by atoms with Gasteiger partial charge in [0.15, 0.2) is 0 Å². The van der Waals surface area contributed by atoms with Crippen LogP contribution in [0.2, 0.25) is 0 Å². The van der Waals surface area contributed by atoms with Crippen molar-refractivity contribution in [2.45, 2.75) is 13.8 Å². The number of aliphatic imine (C=N–C) groups is 1. The maximum atomic E-state index is 4.26. The molecule has 0 aliphatic heterocycles. The lowest BCUT2D eigenvalue weighted by atomic mass is 10.3. The summed E-state index contributed by atoms with van der Waals surface area (Å²) in [4.78, 5) is 4.26. The van der Waals surface area contributed by atoms with Gasteiger partial charge in [-0.2, -0.15) is 0 Å². The van der Waals surface area contributed by atoms with Gasteiger partial charge in [0, 0.05) is 19.4 Å². The molecule has 2 heteroatoms. The van der Waals surface area contributed by atoms with Gasteiger partial charge in [0.25, 0.3) is 0 Å². The Morgan fingerprint density at radius 2 is 2.33 bits per heavy atom. The lowest BCUT2D eigenvalue weighted by molar-refractivity contribution is 0.913. The van der Waals surface area contributed by atoms with Gasteiger partial charge < -0.3 is 4.57 Å². The Kier molecular flexibility index (Phi) is 2.86. The van der Waals surface area contributed by atoms with E-state index < -0.39 is 0 Å². The van der Waals surface area contributed by atoms with Crippen LogP contribution in [-0.2, 0) is 7.05 Å². The van der Waals surface area contributed by atoms with Gasteiger partial charge in [0.1, 0.15) is 0 Å². The van der Waals surface area contributed by atoms with Crippen molar-refractivity contribution in [3.63, 3.8) is 0 Å². The Labute approximate surface area is 73.2 Å². The molecule has 0 atom stereocenters. The molecule has 0 unspecified atom stereocenters. The highest BCUT2D eigenvalue weighted by Crippen LogP contribution is 2.01. The van der Waals surface area contributed by atoms with Gasteiger partial charge in [-0.1, -0.05) is 6.08 Å². The Morgan fingerprint density at radius 1 is 1.58 bits per heavy atom. The van der Waals surface area contributed by atoms with Gasteiger partial charge in [-0.15, -0.1) is 0 Å². The number of nitrogens with zero attached hydrogens (tertiary/aromatic N) is 2. The molecule has 0 amide bonds. The Bertz CT molecular complexity index is 305. The first-order chi connectivity index (χ1) is 5.75. The second-order valence-corrected chi connectivity index (χ2v) is 2.70. The minimum Gasteiger partial charge on any atom is -0.350 e. The average molecular weight is 162 g/mol. The minimum absolute atomic E-state index is 1.04. The molecule has 0 radical (unpaired) electrons. The molecular formula is C10H14N2. The molecular weight excluding hydrogens is 148 g/mol. The zero-order chi connectivity index (χ0) is 8.97. The van der Waals surface area contributed by atoms with Gasteiger partial charge in [0.05, 0.1) is 11.4 Å². The van der Waals surface area contributed by atoms with E-state index in [1.165, 1.54) is 0 Å². The summed E-state index contributed by atoms with van der Waals surface area (Å²) in [5.74, 6) is 0. The van der Waals surface area contributed by atoms with Crippen molar-refractivity contribution in [1.82, 2.24) is 4.57 Å². The minimum atomic E-state index is 1.04. The predicted octanol–water partition coefficient (Wildman–Crippen LogP) is 2.37. The van der Waals surface area contributed by atoms with E-state index in [1.807, 2.05) is 45.4 Å². The van der Waals surface area contributed by atoms with Gasteiger partial charge >= 0.3 is 0 Å². The molecule has 12 heavy (non-hydrogen) atoms. The van der Waals surface area contributed by atoms with Crippen molar-refractivity contribution in [2.75, 3.05) is 0 Å². The number of aryl methyl sites for hydroxylation is 1. The molecule has 1 rings (SSSR count). The molecule has 1 aromatic heterocycles. The van der Waals surface area contributed by atoms with Crippen molar-refractivity contribution in [3.05, 3.63) is 36.3 Å². The second-order valence-electron chi connectivity index (χ2n) is 2.70. The molecule has 0 saturated heterocycles. The van der Waals surface area contributed by atoms with Gasteiger partial charge in [-0.25, -0.2) is 0 Å². The van der Waals surface area contributed by atoms with Crippen LogP contribution in [0.4, 0.5) is 0 Å². The molecule has 0 aromatic carbocycles. The molecule has 0 N–H and O–H groups in total. The smallest absolute Gasteiger partial charge is 0.0619 e. The van der Waals surface area contributed by atoms with Gasteiger partial charge in [0.2, 0.25) is 0 Å². The molecule has 0 spiro atoms. The first kappa shape index (κ1) is 8.78. The molecule has 0 aliphatic rings. The lowest BCUT2D eigenvalue weighted by Crippen LogP contribution is -2.01. The first-order valence-electron chi connectivity index (χ1n) is 4.03. The summed E-state index contributed by atoms with van der Waals surface area (Å²) in [5, 5.41) is 0. The van der Waals surface area contributed by atoms with Crippen molar-refractivity contribution in [1.29, 1.82) is 0 Å².